The lowest BCUT2D eigenvalue weighted by Crippen LogP contribution is -2.28. The molecule has 138 valence electrons. The average molecular weight is 357 g/mol. The zero-order chi connectivity index (χ0) is 18.5. The van der Waals surface area contributed by atoms with Crippen molar-refractivity contribution >= 4 is 12.0 Å². The number of hydrogen-bond acceptors (Lipinski definition) is 3. The summed E-state index contributed by atoms with van der Waals surface area (Å²) in [6, 6.07) is 4.93. The largest absolute Gasteiger partial charge is 0.493 e. The van der Waals surface area contributed by atoms with Crippen molar-refractivity contribution in [2.45, 2.75) is 39.3 Å². The van der Waals surface area contributed by atoms with E-state index in [0.29, 0.717) is 30.4 Å². The number of benzene rings is 1. The molecule has 0 aliphatic heterocycles. The molecule has 26 heavy (non-hydrogen) atoms. The minimum atomic E-state index is -0.287. The van der Waals surface area contributed by atoms with Gasteiger partial charge in [0.25, 0.3) is 0 Å². The first-order chi connectivity index (χ1) is 12.5. The molecule has 1 amide bonds. The van der Waals surface area contributed by atoms with E-state index in [9.17, 15) is 9.18 Å². The molecule has 1 fully saturated rings. The van der Waals surface area contributed by atoms with Gasteiger partial charge in [-0.25, -0.2) is 4.39 Å². The average Bonchev–Trinajstić information content (AvgIpc) is 3.31. The van der Waals surface area contributed by atoms with Crippen molar-refractivity contribution in [1.29, 1.82) is 0 Å². The molecule has 1 heterocycles. The van der Waals surface area contributed by atoms with Crippen LogP contribution in [-0.4, -0.2) is 28.3 Å². The topological polar surface area (TPSA) is 56.2 Å². The molecule has 1 aliphatic carbocycles. The van der Waals surface area contributed by atoms with E-state index in [1.165, 1.54) is 25.8 Å². The fraction of sp³-hybridized carbons (Fsp3) is 0.400. The number of hydrogen-bond donors (Lipinski definition) is 1. The van der Waals surface area contributed by atoms with Crippen LogP contribution >= 0.6 is 0 Å². The second-order valence-electron chi connectivity index (χ2n) is 6.83. The maximum atomic E-state index is 14.3. The smallest absolute Gasteiger partial charge is 0.217 e. The van der Waals surface area contributed by atoms with Crippen LogP contribution in [-0.2, 0) is 11.3 Å². The molecule has 1 saturated carbocycles. The normalized spacial score (nSPS) is 15.2. The van der Waals surface area contributed by atoms with Crippen LogP contribution in [0.15, 0.2) is 36.7 Å². The first-order valence-corrected chi connectivity index (χ1v) is 8.88. The highest BCUT2D eigenvalue weighted by Crippen LogP contribution is 2.29. The lowest BCUT2D eigenvalue weighted by Gasteiger charge is -2.08. The number of aromatic nitrogens is 2. The van der Waals surface area contributed by atoms with Crippen LogP contribution in [0.1, 0.15) is 37.8 Å². The summed E-state index contributed by atoms with van der Waals surface area (Å²) in [5.41, 5.74) is 1.46. The van der Waals surface area contributed by atoms with Gasteiger partial charge in [0.05, 0.1) is 19.3 Å². The number of carbonyl (C=O) groups excluding carboxylic acids is 1. The highest BCUT2D eigenvalue weighted by Gasteiger charge is 2.22. The molecule has 5 nitrogen and oxygen atoms in total. The summed E-state index contributed by atoms with van der Waals surface area (Å²) in [4.78, 5) is 11.0. The predicted molar refractivity (Wildman–Crippen MR) is 98.3 cm³/mol. The molecule has 0 bridgehead atoms. The van der Waals surface area contributed by atoms with E-state index in [0.717, 1.165) is 5.56 Å². The summed E-state index contributed by atoms with van der Waals surface area (Å²) < 4.78 is 21.6. The second kappa shape index (κ2) is 8.17. The third-order valence-corrected chi connectivity index (χ3v) is 4.20. The third-order valence-electron chi connectivity index (χ3n) is 4.20. The van der Waals surface area contributed by atoms with Crippen LogP contribution in [0.2, 0.25) is 0 Å². The van der Waals surface area contributed by atoms with Gasteiger partial charge in [-0.1, -0.05) is 18.2 Å². The van der Waals surface area contributed by atoms with E-state index >= 15 is 0 Å². The van der Waals surface area contributed by atoms with Crippen molar-refractivity contribution in [1.82, 2.24) is 15.1 Å². The maximum absolute atomic E-state index is 14.3. The van der Waals surface area contributed by atoms with Gasteiger partial charge in [0.2, 0.25) is 5.91 Å². The third kappa shape index (κ3) is 5.44. The van der Waals surface area contributed by atoms with Crippen LogP contribution < -0.4 is 10.1 Å². The fourth-order valence-electron chi connectivity index (χ4n) is 2.60. The number of carbonyl (C=O) groups is 1. The molecule has 1 aromatic heterocycles. The standard InChI is InChI=1S/C20H24FN3O2/c1-14(23-15(2)25)3-4-17-10-22-24(11-17)12-18-7-8-19(9-20(18)21)26-13-16-5-6-16/h3-4,7-11,14,16H,5-6,12-13H2,1-2H3,(H,23,25)/t14-/m0/s1. The quantitative estimate of drug-likeness (QED) is 0.788. The number of rotatable bonds is 8. The summed E-state index contributed by atoms with van der Waals surface area (Å²) >= 11 is 0. The van der Waals surface area contributed by atoms with Crippen molar-refractivity contribution in [3.05, 3.63) is 53.6 Å². The Labute approximate surface area is 152 Å². The Kier molecular flexibility index (Phi) is 5.71. The molecule has 1 atom stereocenters. The summed E-state index contributed by atoms with van der Waals surface area (Å²) in [6.07, 6.45) is 9.74. The van der Waals surface area contributed by atoms with Crippen LogP contribution in [0, 0.1) is 11.7 Å². The van der Waals surface area contributed by atoms with Crippen LogP contribution in [0.3, 0.4) is 0 Å². The number of amides is 1. The Morgan fingerprint density at radius 1 is 1.50 bits per heavy atom. The number of ether oxygens (including phenoxy) is 1. The molecule has 2 aromatic rings. The van der Waals surface area contributed by atoms with Crippen LogP contribution in [0.4, 0.5) is 4.39 Å². The van der Waals surface area contributed by atoms with Gasteiger partial charge < -0.3 is 10.1 Å². The van der Waals surface area contributed by atoms with Crippen molar-refractivity contribution in [3.63, 3.8) is 0 Å². The van der Waals surface area contributed by atoms with Crippen molar-refractivity contribution in [2.24, 2.45) is 5.92 Å². The molecule has 3 rings (SSSR count). The second-order valence-corrected chi connectivity index (χ2v) is 6.83. The first-order valence-electron chi connectivity index (χ1n) is 8.88. The molecule has 1 aliphatic rings. The van der Waals surface area contributed by atoms with Crippen LogP contribution in [0.25, 0.3) is 6.08 Å². The molecule has 0 saturated heterocycles. The van der Waals surface area contributed by atoms with Gasteiger partial charge in [-0.05, 0) is 31.7 Å². The van der Waals surface area contributed by atoms with E-state index in [4.69, 9.17) is 4.74 Å². The van der Waals surface area contributed by atoms with E-state index in [1.807, 2.05) is 25.3 Å². The molecule has 0 radical (unpaired) electrons. The molecule has 1 N–H and O–H groups in total. The highest BCUT2D eigenvalue weighted by atomic mass is 19.1. The van der Waals surface area contributed by atoms with Crippen LogP contribution in [0.5, 0.6) is 5.75 Å². The monoisotopic (exact) mass is 357 g/mol. The lowest BCUT2D eigenvalue weighted by atomic mass is 10.2. The van der Waals surface area contributed by atoms with Gasteiger partial charge in [0.15, 0.2) is 0 Å². The molecule has 0 unspecified atom stereocenters. The van der Waals surface area contributed by atoms with Gasteiger partial charge in [-0.3, -0.25) is 9.48 Å². The molecule has 6 heteroatoms. The summed E-state index contributed by atoms with van der Waals surface area (Å²) in [5, 5.41) is 7.04. The SMILES string of the molecule is CC(=O)N[C@@H](C)C=Cc1cnn(Cc2ccc(OCC3CC3)cc2F)c1. The highest BCUT2D eigenvalue weighted by molar-refractivity contribution is 5.73. The van der Waals surface area contributed by atoms with Gasteiger partial charge in [0.1, 0.15) is 11.6 Å². The Bertz CT molecular complexity index is 796. The van der Waals surface area contributed by atoms with Crippen molar-refractivity contribution in [2.75, 3.05) is 6.61 Å². The minimum Gasteiger partial charge on any atom is -0.493 e. The van der Waals surface area contributed by atoms with Gasteiger partial charge in [-0.15, -0.1) is 0 Å². The maximum Gasteiger partial charge on any atom is 0.217 e. The lowest BCUT2D eigenvalue weighted by molar-refractivity contribution is -0.119. The molecule has 0 spiro atoms. The summed E-state index contributed by atoms with van der Waals surface area (Å²) in [6.45, 7) is 4.40. The Morgan fingerprint density at radius 2 is 2.31 bits per heavy atom. The van der Waals surface area contributed by atoms with E-state index in [-0.39, 0.29) is 17.8 Å². The predicted octanol–water partition coefficient (Wildman–Crippen LogP) is 3.40. The number of halogens is 1. The molecular formula is C20H24FN3O2. The first kappa shape index (κ1) is 18.2. The zero-order valence-electron chi connectivity index (χ0n) is 15.1. The Morgan fingerprint density at radius 3 is 3.00 bits per heavy atom. The Hall–Kier alpha value is -2.63. The Balaban J connectivity index is 1.57. The number of nitrogens with one attached hydrogen (secondary N) is 1. The van der Waals surface area contributed by atoms with Crippen molar-refractivity contribution < 1.29 is 13.9 Å². The van der Waals surface area contributed by atoms with Gasteiger partial charge in [-0.2, -0.15) is 5.10 Å². The summed E-state index contributed by atoms with van der Waals surface area (Å²) in [7, 11) is 0. The van der Waals surface area contributed by atoms with E-state index in [2.05, 4.69) is 10.4 Å². The van der Waals surface area contributed by atoms with Crippen molar-refractivity contribution in [3.8, 4) is 5.75 Å². The fourth-order valence-corrected chi connectivity index (χ4v) is 2.60. The number of nitrogens with zero attached hydrogens (tertiary/aromatic N) is 2. The van der Waals surface area contributed by atoms with E-state index < -0.39 is 0 Å². The zero-order valence-corrected chi connectivity index (χ0v) is 15.1. The molecule has 1 aromatic carbocycles. The van der Waals surface area contributed by atoms with E-state index in [1.54, 1.807) is 23.0 Å². The minimum absolute atomic E-state index is 0.0588. The van der Waals surface area contributed by atoms with Gasteiger partial charge >= 0.3 is 0 Å². The molecular weight excluding hydrogens is 333 g/mol. The van der Waals surface area contributed by atoms with Gasteiger partial charge in [0, 0.05) is 36.4 Å². The summed E-state index contributed by atoms with van der Waals surface area (Å²) in [5.74, 6) is 0.860.